The van der Waals surface area contributed by atoms with E-state index >= 15 is 0 Å². The van der Waals surface area contributed by atoms with E-state index in [1.54, 1.807) is 0 Å². The molecule has 1 aliphatic heterocycles. The van der Waals surface area contributed by atoms with Crippen molar-refractivity contribution in [2.75, 3.05) is 18.8 Å². The number of rotatable bonds is 13. The molecule has 1 aliphatic rings. The van der Waals surface area contributed by atoms with Crippen LogP contribution in [0.15, 0.2) is 17.5 Å². The van der Waals surface area contributed by atoms with Crippen LogP contribution in [-0.2, 0) is 25.6 Å². The molecule has 0 aromatic carbocycles. The molecular weight excluding hydrogens is 478 g/mol. The summed E-state index contributed by atoms with van der Waals surface area (Å²) in [4.78, 5) is 62.3. The summed E-state index contributed by atoms with van der Waals surface area (Å²) in [6.45, 7) is 0.572. The summed E-state index contributed by atoms with van der Waals surface area (Å²) in [5.74, 6) is -2.82. The standard InChI is InChI=1S/C20H33N9O5S/c21-12(9-35)18(32)29-6-2-4-15(29)17(31)28-14(7-11-8-24-10-26-11)16(30)27-13(19(33)34)3-1-5-25-20(22)23/h8,10,12-15,35H,1-7,9,21H2,(H,24,26)(H,27,30)(H,28,31)(H,33,34)(H4,22,23,25). The molecular formula is C20H33N9O5S. The van der Waals surface area contributed by atoms with Crippen molar-refractivity contribution in [2.45, 2.75) is 56.3 Å². The topological polar surface area (TPSA) is 235 Å². The number of nitrogens with two attached hydrogens (primary N) is 3. The Kier molecular flexibility index (Phi) is 10.8. The van der Waals surface area contributed by atoms with Crippen LogP contribution < -0.4 is 27.8 Å². The SMILES string of the molecule is NC(N)=NCCCC(NC(=O)C(Cc1cnc[nH]1)NC(=O)C1CCCN1C(=O)C(N)CS)C(=O)O. The largest absolute Gasteiger partial charge is 0.480 e. The van der Waals surface area contributed by atoms with Gasteiger partial charge in [0.25, 0.3) is 0 Å². The van der Waals surface area contributed by atoms with Crippen LogP contribution in [0.1, 0.15) is 31.4 Å². The van der Waals surface area contributed by atoms with E-state index < -0.39 is 42.0 Å². The normalized spacial score (nSPS) is 17.8. The van der Waals surface area contributed by atoms with Gasteiger partial charge in [-0.1, -0.05) is 0 Å². The first kappa shape index (κ1) is 27.9. The van der Waals surface area contributed by atoms with Crippen LogP contribution in [0.4, 0.5) is 0 Å². The Morgan fingerprint density at radius 3 is 2.63 bits per heavy atom. The summed E-state index contributed by atoms with van der Waals surface area (Å²) in [6, 6.07) is -3.96. The molecule has 1 aromatic rings. The first-order valence-corrected chi connectivity index (χ1v) is 11.8. The quantitative estimate of drug-likeness (QED) is 0.0594. The van der Waals surface area contributed by atoms with E-state index in [1.165, 1.54) is 17.4 Å². The van der Waals surface area contributed by atoms with Gasteiger partial charge >= 0.3 is 5.97 Å². The molecule has 15 heteroatoms. The number of imidazole rings is 1. The van der Waals surface area contributed by atoms with Gasteiger partial charge in [-0.05, 0) is 25.7 Å². The van der Waals surface area contributed by atoms with Crippen LogP contribution in [-0.4, -0.2) is 92.6 Å². The summed E-state index contributed by atoms with van der Waals surface area (Å²) >= 11 is 4.05. The highest BCUT2D eigenvalue weighted by molar-refractivity contribution is 7.80. The fraction of sp³-hybridized carbons (Fsp3) is 0.600. The molecule has 0 radical (unpaired) electrons. The number of aliphatic carboxylic acids is 1. The first-order chi connectivity index (χ1) is 16.6. The van der Waals surface area contributed by atoms with E-state index in [1.807, 2.05) is 0 Å². The van der Waals surface area contributed by atoms with Gasteiger partial charge in [-0.15, -0.1) is 0 Å². The van der Waals surface area contributed by atoms with Crippen LogP contribution in [0.2, 0.25) is 0 Å². The van der Waals surface area contributed by atoms with Crippen molar-refractivity contribution in [3.63, 3.8) is 0 Å². The number of likely N-dealkylation sites (tertiary alicyclic amines) is 1. The van der Waals surface area contributed by atoms with E-state index in [4.69, 9.17) is 17.2 Å². The number of aromatic amines is 1. The highest BCUT2D eigenvalue weighted by Gasteiger charge is 2.37. The van der Waals surface area contributed by atoms with Gasteiger partial charge in [-0.25, -0.2) is 9.78 Å². The van der Waals surface area contributed by atoms with Gasteiger partial charge in [0.05, 0.1) is 12.4 Å². The lowest BCUT2D eigenvalue weighted by Crippen LogP contribution is -2.57. The Morgan fingerprint density at radius 2 is 2.03 bits per heavy atom. The molecule has 2 heterocycles. The summed E-state index contributed by atoms with van der Waals surface area (Å²) in [5, 5.41) is 14.7. The van der Waals surface area contributed by atoms with Crippen molar-refractivity contribution in [1.29, 1.82) is 0 Å². The van der Waals surface area contributed by atoms with Crippen molar-refractivity contribution >= 4 is 42.3 Å². The fourth-order valence-electron chi connectivity index (χ4n) is 3.72. The van der Waals surface area contributed by atoms with Crippen molar-refractivity contribution in [1.82, 2.24) is 25.5 Å². The number of carbonyl (C=O) groups excluding carboxylic acids is 3. The Balaban J connectivity index is 2.11. The van der Waals surface area contributed by atoms with Crippen LogP contribution in [0.3, 0.4) is 0 Å². The lowest BCUT2D eigenvalue weighted by molar-refractivity contribution is -0.143. The van der Waals surface area contributed by atoms with Crippen molar-refractivity contribution in [2.24, 2.45) is 22.2 Å². The number of thiol groups is 1. The number of aromatic nitrogens is 2. The van der Waals surface area contributed by atoms with Crippen LogP contribution in [0, 0.1) is 0 Å². The van der Waals surface area contributed by atoms with E-state index in [0.29, 0.717) is 31.5 Å². The number of hydrogen-bond donors (Lipinski definition) is 8. The summed E-state index contributed by atoms with van der Waals surface area (Å²) in [6.07, 6.45) is 4.37. The Labute approximate surface area is 207 Å². The Bertz CT molecular complexity index is 907. The van der Waals surface area contributed by atoms with Crippen molar-refractivity contribution < 1.29 is 24.3 Å². The van der Waals surface area contributed by atoms with E-state index in [9.17, 15) is 24.3 Å². The van der Waals surface area contributed by atoms with Crippen LogP contribution >= 0.6 is 12.6 Å². The van der Waals surface area contributed by atoms with Gasteiger partial charge in [0.15, 0.2) is 5.96 Å². The molecule has 10 N–H and O–H groups in total. The molecule has 3 amide bonds. The zero-order valence-corrected chi connectivity index (χ0v) is 20.1. The molecule has 14 nitrogen and oxygen atoms in total. The zero-order chi connectivity index (χ0) is 26.0. The number of hydrogen-bond acceptors (Lipinski definition) is 8. The van der Waals surface area contributed by atoms with Gasteiger partial charge in [-0.3, -0.25) is 19.4 Å². The third-order valence-electron chi connectivity index (χ3n) is 5.52. The van der Waals surface area contributed by atoms with E-state index in [2.05, 4.69) is 38.2 Å². The number of amides is 3. The molecule has 1 aromatic heterocycles. The molecule has 194 valence electrons. The molecule has 35 heavy (non-hydrogen) atoms. The highest BCUT2D eigenvalue weighted by atomic mass is 32.1. The maximum Gasteiger partial charge on any atom is 0.326 e. The molecule has 0 bridgehead atoms. The zero-order valence-electron chi connectivity index (χ0n) is 19.2. The average Bonchev–Trinajstić information content (AvgIpc) is 3.51. The van der Waals surface area contributed by atoms with Gasteiger partial charge < -0.3 is 42.8 Å². The molecule has 1 fully saturated rings. The molecule has 4 unspecified atom stereocenters. The number of carboxylic acids is 1. The van der Waals surface area contributed by atoms with Crippen molar-refractivity contribution in [3.8, 4) is 0 Å². The number of nitrogens with zero attached hydrogens (tertiary/aromatic N) is 3. The molecule has 2 rings (SSSR count). The average molecular weight is 512 g/mol. The first-order valence-electron chi connectivity index (χ1n) is 11.2. The summed E-state index contributed by atoms with van der Waals surface area (Å²) in [5.41, 5.74) is 16.9. The second kappa shape index (κ2) is 13.5. The molecule has 0 spiro atoms. The second-order valence-corrected chi connectivity index (χ2v) is 8.53. The van der Waals surface area contributed by atoms with E-state index in [-0.39, 0.29) is 37.0 Å². The highest BCUT2D eigenvalue weighted by Crippen LogP contribution is 2.19. The lowest BCUT2D eigenvalue weighted by Gasteiger charge is -2.28. The molecule has 4 atom stereocenters. The third-order valence-corrected chi connectivity index (χ3v) is 5.92. The molecule has 0 aliphatic carbocycles. The Hall–Kier alpha value is -3.33. The van der Waals surface area contributed by atoms with Gasteiger partial charge in [-0.2, -0.15) is 12.6 Å². The fourth-order valence-corrected chi connectivity index (χ4v) is 3.88. The number of carboxylic acid groups (broad SMARTS) is 1. The number of H-pyrrole nitrogens is 1. The van der Waals surface area contributed by atoms with Gasteiger partial charge in [0, 0.05) is 37.2 Å². The van der Waals surface area contributed by atoms with Gasteiger partial charge in [0.2, 0.25) is 17.7 Å². The molecule has 1 saturated heterocycles. The number of guanidine groups is 1. The van der Waals surface area contributed by atoms with Crippen LogP contribution in [0.5, 0.6) is 0 Å². The Morgan fingerprint density at radius 1 is 1.29 bits per heavy atom. The summed E-state index contributed by atoms with van der Waals surface area (Å²) in [7, 11) is 0. The predicted octanol–water partition coefficient (Wildman–Crippen LogP) is -2.69. The minimum Gasteiger partial charge on any atom is -0.480 e. The minimum atomic E-state index is -1.23. The molecule has 0 saturated carbocycles. The monoisotopic (exact) mass is 511 g/mol. The van der Waals surface area contributed by atoms with Crippen LogP contribution in [0.25, 0.3) is 0 Å². The number of aliphatic imine (C=N–C) groups is 1. The maximum absolute atomic E-state index is 13.1. The maximum atomic E-state index is 13.1. The third kappa shape index (κ3) is 8.43. The van der Waals surface area contributed by atoms with Crippen molar-refractivity contribution in [3.05, 3.63) is 18.2 Å². The van der Waals surface area contributed by atoms with E-state index in [0.717, 1.165) is 0 Å². The predicted molar refractivity (Wildman–Crippen MR) is 130 cm³/mol. The number of carbonyl (C=O) groups is 4. The smallest absolute Gasteiger partial charge is 0.326 e. The minimum absolute atomic E-state index is 0.0364. The van der Waals surface area contributed by atoms with Gasteiger partial charge in [0.1, 0.15) is 18.1 Å². The number of nitrogens with one attached hydrogen (secondary N) is 3. The second-order valence-electron chi connectivity index (χ2n) is 8.17. The lowest BCUT2D eigenvalue weighted by atomic mass is 10.1. The summed E-state index contributed by atoms with van der Waals surface area (Å²) < 4.78 is 0.